The van der Waals surface area contributed by atoms with Crippen LogP contribution >= 0.6 is 11.3 Å². The molecule has 1 unspecified atom stereocenters. The number of thiazole rings is 1. The van der Waals surface area contributed by atoms with Gasteiger partial charge in [0.25, 0.3) is 0 Å². The second kappa shape index (κ2) is 9.62. The number of hydrogen-bond acceptors (Lipinski definition) is 4. The Balaban J connectivity index is 1.72. The molecule has 3 rings (SSSR count). The van der Waals surface area contributed by atoms with Gasteiger partial charge < -0.3 is 5.32 Å². The average Bonchev–Trinajstić information content (AvgIpc) is 3.20. The molecular weight excluding hydrogens is 366 g/mol. The first-order valence-corrected chi connectivity index (χ1v) is 10.5. The number of nitrogens with one attached hydrogen (secondary N) is 1. The number of carbonyl (C=O) groups is 1. The summed E-state index contributed by atoms with van der Waals surface area (Å²) in [4.78, 5) is 19.7. The van der Waals surface area contributed by atoms with Gasteiger partial charge in [0.05, 0.1) is 22.8 Å². The van der Waals surface area contributed by atoms with E-state index in [1.807, 2.05) is 79.5 Å². The number of amides is 1. The minimum Gasteiger partial charge on any atom is -0.344 e. The van der Waals surface area contributed by atoms with Gasteiger partial charge in [-0.1, -0.05) is 67.6 Å². The van der Waals surface area contributed by atoms with Crippen molar-refractivity contribution >= 4 is 17.2 Å². The summed E-state index contributed by atoms with van der Waals surface area (Å²) in [5.41, 5.74) is 3.17. The average molecular weight is 394 g/mol. The molecule has 0 aliphatic carbocycles. The molecule has 1 aromatic heterocycles. The number of hydrogen-bond donors (Lipinski definition) is 1. The van der Waals surface area contributed by atoms with Crippen LogP contribution < -0.4 is 5.32 Å². The third kappa shape index (κ3) is 5.06. The van der Waals surface area contributed by atoms with Crippen LogP contribution in [0.5, 0.6) is 0 Å². The van der Waals surface area contributed by atoms with Crippen molar-refractivity contribution in [2.24, 2.45) is 0 Å². The van der Waals surface area contributed by atoms with Gasteiger partial charge in [-0.3, -0.25) is 9.69 Å². The van der Waals surface area contributed by atoms with Crippen LogP contribution in [0.3, 0.4) is 0 Å². The molecule has 0 saturated carbocycles. The minimum atomic E-state index is -0.262. The number of carbonyl (C=O) groups excluding carboxylic acids is 1. The smallest absolute Gasteiger partial charge is 0.237 e. The van der Waals surface area contributed by atoms with Crippen LogP contribution in [0.2, 0.25) is 0 Å². The van der Waals surface area contributed by atoms with Gasteiger partial charge in [0, 0.05) is 11.9 Å². The lowest BCUT2D eigenvalue weighted by Gasteiger charge is -2.27. The maximum absolute atomic E-state index is 13.0. The van der Waals surface area contributed by atoms with E-state index in [0.29, 0.717) is 6.54 Å². The number of benzene rings is 2. The van der Waals surface area contributed by atoms with Crippen LogP contribution in [0.4, 0.5) is 0 Å². The largest absolute Gasteiger partial charge is 0.344 e. The molecule has 0 radical (unpaired) electrons. The fourth-order valence-corrected chi connectivity index (χ4v) is 3.83. The summed E-state index contributed by atoms with van der Waals surface area (Å²) in [7, 11) is 1.97. The lowest BCUT2D eigenvalue weighted by molar-refractivity contribution is -0.126. The fourth-order valence-electron chi connectivity index (χ4n) is 3.09. The number of aromatic nitrogens is 1. The van der Waals surface area contributed by atoms with Crippen molar-refractivity contribution in [3.63, 3.8) is 0 Å². The summed E-state index contributed by atoms with van der Waals surface area (Å²) in [5, 5.41) is 6.45. The van der Waals surface area contributed by atoms with Crippen molar-refractivity contribution in [2.45, 2.75) is 38.9 Å². The van der Waals surface area contributed by atoms with Crippen LogP contribution in [0.1, 0.15) is 41.7 Å². The predicted molar refractivity (Wildman–Crippen MR) is 115 cm³/mol. The zero-order valence-electron chi connectivity index (χ0n) is 16.6. The highest BCUT2D eigenvalue weighted by molar-refractivity contribution is 7.09. The fraction of sp³-hybridized carbons (Fsp3) is 0.304. The van der Waals surface area contributed by atoms with E-state index in [0.717, 1.165) is 28.2 Å². The molecule has 0 saturated heterocycles. The van der Waals surface area contributed by atoms with Gasteiger partial charge >= 0.3 is 0 Å². The van der Waals surface area contributed by atoms with Crippen molar-refractivity contribution in [1.82, 2.24) is 15.2 Å². The van der Waals surface area contributed by atoms with E-state index in [2.05, 4.69) is 22.6 Å². The normalized spacial score (nSPS) is 12.3. The molecule has 1 heterocycles. The molecule has 5 heteroatoms. The number of aryl methyl sites for hydroxylation is 1. The Hall–Kier alpha value is -2.50. The SMILES string of the molecule is CCc1nc(CN(C)C(C)C(=O)NC(c2ccccc2)c2ccccc2)cs1. The Morgan fingerprint density at radius 2 is 1.64 bits per heavy atom. The predicted octanol–water partition coefficient (Wildman–Crippen LogP) is 4.43. The minimum absolute atomic E-state index is 0.00570. The maximum Gasteiger partial charge on any atom is 0.237 e. The Morgan fingerprint density at radius 1 is 1.07 bits per heavy atom. The first-order valence-electron chi connectivity index (χ1n) is 9.62. The molecule has 1 atom stereocenters. The maximum atomic E-state index is 13.0. The van der Waals surface area contributed by atoms with Crippen LogP contribution in [0, 0.1) is 0 Å². The van der Waals surface area contributed by atoms with E-state index in [4.69, 9.17) is 0 Å². The van der Waals surface area contributed by atoms with Gasteiger partial charge in [0.1, 0.15) is 0 Å². The van der Waals surface area contributed by atoms with Crippen molar-refractivity contribution in [2.75, 3.05) is 7.05 Å². The van der Waals surface area contributed by atoms with E-state index in [9.17, 15) is 4.79 Å². The van der Waals surface area contributed by atoms with Gasteiger partial charge in [0.15, 0.2) is 0 Å². The van der Waals surface area contributed by atoms with Gasteiger partial charge in [-0.2, -0.15) is 0 Å². The highest BCUT2D eigenvalue weighted by Crippen LogP contribution is 2.22. The Bertz CT molecular complexity index is 840. The van der Waals surface area contributed by atoms with Crippen molar-refractivity contribution in [3.05, 3.63) is 87.9 Å². The van der Waals surface area contributed by atoms with Crippen molar-refractivity contribution in [1.29, 1.82) is 0 Å². The van der Waals surface area contributed by atoms with Gasteiger partial charge in [0.2, 0.25) is 5.91 Å². The molecule has 0 fully saturated rings. The summed E-state index contributed by atoms with van der Waals surface area (Å²) in [5.74, 6) is 0.00570. The molecule has 3 aromatic rings. The van der Waals surface area contributed by atoms with E-state index in [1.165, 1.54) is 0 Å². The quantitative estimate of drug-likeness (QED) is 0.616. The van der Waals surface area contributed by atoms with E-state index in [1.54, 1.807) is 11.3 Å². The first kappa shape index (κ1) is 20.2. The highest BCUT2D eigenvalue weighted by atomic mass is 32.1. The number of likely N-dealkylation sites (N-methyl/N-ethyl adjacent to an activating group) is 1. The van der Waals surface area contributed by atoms with Gasteiger partial charge in [-0.25, -0.2) is 4.98 Å². The molecule has 0 bridgehead atoms. The van der Waals surface area contributed by atoms with Crippen LogP contribution in [-0.4, -0.2) is 28.9 Å². The molecule has 4 nitrogen and oxygen atoms in total. The second-order valence-electron chi connectivity index (χ2n) is 6.94. The summed E-state index contributed by atoms with van der Waals surface area (Å²) in [6.07, 6.45) is 0.945. The summed E-state index contributed by atoms with van der Waals surface area (Å²) in [6.45, 7) is 4.71. The zero-order chi connectivity index (χ0) is 19.9. The Kier molecular flexibility index (Phi) is 6.95. The molecule has 0 aliphatic rings. The Morgan fingerprint density at radius 3 is 2.14 bits per heavy atom. The first-order chi connectivity index (χ1) is 13.6. The molecular formula is C23H27N3OS. The third-order valence-corrected chi connectivity index (χ3v) is 5.95. The molecule has 1 amide bonds. The van der Waals surface area contributed by atoms with Crippen LogP contribution in [0.25, 0.3) is 0 Å². The lowest BCUT2D eigenvalue weighted by atomic mass is 9.98. The molecule has 28 heavy (non-hydrogen) atoms. The lowest BCUT2D eigenvalue weighted by Crippen LogP contribution is -2.44. The summed E-state index contributed by atoms with van der Waals surface area (Å²) in [6, 6.07) is 19.7. The van der Waals surface area contributed by atoms with Crippen molar-refractivity contribution < 1.29 is 4.79 Å². The monoisotopic (exact) mass is 393 g/mol. The number of nitrogens with zero attached hydrogens (tertiary/aromatic N) is 2. The summed E-state index contributed by atoms with van der Waals surface area (Å²) >= 11 is 1.68. The standard InChI is InChI=1S/C23H27N3OS/c1-4-21-24-20(16-28-21)15-26(3)17(2)23(27)25-22(18-11-7-5-8-12-18)19-13-9-6-10-14-19/h5-14,16-17,22H,4,15H2,1-3H3,(H,25,27). The Labute approximate surface area is 171 Å². The van der Waals surface area contributed by atoms with E-state index < -0.39 is 0 Å². The molecule has 1 N–H and O–H groups in total. The third-order valence-electron chi connectivity index (χ3n) is 4.91. The van der Waals surface area contributed by atoms with Gasteiger partial charge in [-0.15, -0.1) is 11.3 Å². The van der Waals surface area contributed by atoms with E-state index in [-0.39, 0.29) is 18.0 Å². The number of rotatable bonds is 8. The van der Waals surface area contributed by atoms with Gasteiger partial charge in [-0.05, 0) is 31.5 Å². The second-order valence-corrected chi connectivity index (χ2v) is 7.88. The topological polar surface area (TPSA) is 45.2 Å². The van der Waals surface area contributed by atoms with Crippen LogP contribution in [-0.2, 0) is 17.8 Å². The summed E-state index contributed by atoms with van der Waals surface area (Å²) < 4.78 is 0. The molecule has 2 aromatic carbocycles. The van der Waals surface area contributed by atoms with Crippen molar-refractivity contribution in [3.8, 4) is 0 Å². The molecule has 0 spiro atoms. The zero-order valence-corrected chi connectivity index (χ0v) is 17.4. The van der Waals surface area contributed by atoms with Crippen LogP contribution in [0.15, 0.2) is 66.0 Å². The molecule has 146 valence electrons. The highest BCUT2D eigenvalue weighted by Gasteiger charge is 2.23. The molecule has 0 aliphatic heterocycles. The van der Waals surface area contributed by atoms with E-state index >= 15 is 0 Å².